The molecule has 0 radical (unpaired) electrons. The summed E-state index contributed by atoms with van der Waals surface area (Å²) in [5.74, 6) is 1.27. The number of likely N-dealkylation sites (N-methyl/N-ethyl adjacent to an activating group) is 1. The average molecular weight is 498 g/mol. The molecular weight excluding hydrogens is 466 g/mol. The summed E-state index contributed by atoms with van der Waals surface area (Å²) in [7, 11) is 5.20. The number of aromatic nitrogens is 1. The van der Waals surface area contributed by atoms with E-state index in [1.54, 1.807) is 6.08 Å². The molecule has 0 fully saturated rings. The number of benzene rings is 1. The minimum atomic E-state index is -1.90. The maximum absolute atomic E-state index is 11.8. The number of aldehydes is 2. The Hall–Kier alpha value is -3.31. The monoisotopic (exact) mass is 497 g/mol. The van der Waals surface area contributed by atoms with Crippen molar-refractivity contribution >= 4 is 29.2 Å². The molecule has 1 atom stereocenters. The first-order chi connectivity index (χ1) is 17.3. The van der Waals surface area contributed by atoms with Crippen molar-refractivity contribution < 1.29 is 33.6 Å². The van der Waals surface area contributed by atoms with E-state index in [0.29, 0.717) is 67.3 Å². The van der Waals surface area contributed by atoms with Crippen LogP contribution >= 0.6 is 0 Å². The Balaban J connectivity index is 1.91. The predicted molar refractivity (Wildman–Crippen MR) is 133 cm³/mol. The standard InChI is InChI=1S/C26H31N3O7/c1-26(32,14-31)20(16(11-30)12-33-4)8-22-25-18(10-29(22)3)19(13-34-6-5-27-2)17-7-23-24(36-15-35-23)9-21(17)28-25/h7-9,11,14,27,32H,5-6,10,12-13,15H2,1-4H3/b20-16-,22-8-/t26-/m1/s1. The summed E-state index contributed by atoms with van der Waals surface area (Å²) in [6.07, 6.45) is 2.64. The zero-order valence-electron chi connectivity index (χ0n) is 20.9. The molecular formula is C26H31N3O7. The lowest BCUT2D eigenvalue weighted by molar-refractivity contribution is -0.119. The first-order valence-corrected chi connectivity index (χ1v) is 11.6. The van der Waals surface area contributed by atoms with Crippen LogP contribution in [0.5, 0.6) is 11.5 Å². The second kappa shape index (κ2) is 10.8. The number of hydrogen-bond donors (Lipinski definition) is 2. The molecule has 2 N–H and O–H groups in total. The molecule has 10 nitrogen and oxygen atoms in total. The average Bonchev–Trinajstić information content (AvgIpc) is 3.45. The van der Waals surface area contributed by atoms with Crippen molar-refractivity contribution in [1.82, 2.24) is 15.2 Å². The first-order valence-electron chi connectivity index (χ1n) is 11.6. The van der Waals surface area contributed by atoms with E-state index >= 15 is 0 Å². The number of methoxy groups -OCH3 is 1. The Morgan fingerprint density at radius 2 is 2.06 bits per heavy atom. The van der Waals surface area contributed by atoms with Crippen molar-refractivity contribution in [2.75, 3.05) is 47.8 Å². The van der Waals surface area contributed by atoms with Gasteiger partial charge in [0.25, 0.3) is 0 Å². The zero-order chi connectivity index (χ0) is 25.9. The SMILES string of the molecule is CNCCOCc1c2c(nc3cc4c(cc13)OCO4)/C(=C/C(=C(\C=O)COC)[C@](C)(O)C=O)N(C)C2. The summed E-state index contributed by atoms with van der Waals surface area (Å²) in [5, 5.41) is 14.8. The van der Waals surface area contributed by atoms with Crippen molar-refractivity contribution in [3.63, 3.8) is 0 Å². The highest BCUT2D eigenvalue weighted by atomic mass is 16.7. The van der Waals surface area contributed by atoms with E-state index in [-0.39, 0.29) is 24.5 Å². The van der Waals surface area contributed by atoms with E-state index in [4.69, 9.17) is 23.9 Å². The van der Waals surface area contributed by atoms with Gasteiger partial charge in [-0.3, -0.25) is 9.59 Å². The van der Waals surface area contributed by atoms with Gasteiger partial charge in [-0.1, -0.05) is 0 Å². The molecule has 0 unspecified atom stereocenters. The van der Waals surface area contributed by atoms with Crippen LogP contribution in [0.3, 0.4) is 0 Å². The molecule has 192 valence electrons. The van der Waals surface area contributed by atoms with E-state index in [9.17, 15) is 14.7 Å². The molecule has 4 rings (SSSR count). The van der Waals surface area contributed by atoms with Gasteiger partial charge in [0.2, 0.25) is 6.79 Å². The van der Waals surface area contributed by atoms with E-state index < -0.39 is 5.60 Å². The molecule has 2 aliphatic heterocycles. The Labute approximate surface area is 209 Å². The molecule has 10 heteroatoms. The smallest absolute Gasteiger partial charge is 0.231 e. The van der Waals surface area contributed by atoms with Crippen molar-refractivity contribution in [2.24, 2.45) is 0 Å². The van der Waals surface area contributed by atoms with Gasteiger partial charge in [0.05, 0.1) is 36.7 Å². The van der Waals surface area contributed by atoms with Gasteiger partial charge in [-0.2, -0.15) is 0 Å². The Morgan fingerprint density at radius 3 is 2.72 bits per heavy atom. The van der Waals surface area contributed by atoms with Crippen LogP contribution in [-0.2, 0) is 32.2 Å². The third kappa shape index (κ3) is 4.85. The summed E-state index contributed by atoms with van der Waals surface area (Å²) >= 11 is 0. The summed E-state index contributed by atoms with van der Waals surface area (Å²) < 4.78 is 22.3. The molecule has 0 spiro atoms. The highest BCUT2D eigenvalue weighted by Crippen LogP contribution is 2.42. The maximum atomic E-state index is 11.8. The third-order valence-corrected chi connectivity index (χ3v) is 6.33. The predicted octanol–water partition coefficient (Wildman–Crippen LogP) is 1.58. The van der Waals surface area contributed by atoms with E-state index in [1.807, 2.05) is 31.1 Å². The van der Waals surface area contributed by atoms with Crippen LogP contribution in [0.1, 0.15) is 23.7 Å². The van der Waals surface area contributed by atoms with Crippen LogP contribution < -0.4 is 14.8 Å². The van der Waals surface area contributed by atoms with Gasteiger partial charge in [-0.25, -0.2) is 4.98 Å². The fourth-order valence-corrected chi connectivity index (χ4v) is 4.43. The van der Waals surface area contributed by atoms with Gasteiger partial charge < -0.3 is 34.3 Å². The third-order valence-electron chi connectivity index (χ3n) is 6.33. The van der Waals surface area contributed by atoms with Gasteiger partial charge in [-0.05, 0) is 31.7 Å². The molecule has 2 aromatic rings. The number of fused-ring (bicyclic) bond motifs is 3. The molecule has 0 aliphatic carbocycles. The fourth-order valence-electron chi connectivity index (χ4n) is 4.43. The largest absolute Gasteiger partial charge is 0.454 e. The van der Waals surface area contributed by atoms with Crippen LogP contribution in [0.25, 0.3) is 16.6 Å². The highest BCUT2D eigenvalue weighted by molar-refractivity contribution is 5.91. The molecule has 3 heterocycles. The van der Waals surface area contributed by atoms with Crippen molar-refractivity contribution in [2.45, 2.75) is 25.7 Å². The molecule has 0 amide bonds. The minimum absolute atomic E-state index is 0.0532. The molecule has 0 saturated heterocycles. The number of hydrogen-bond acceptors (Lipinski definition) is 10. The molecule has 0 bridgehead atoms. The van der Waals surface area contributed by atoms with Gasteiger partial charge in [-0.15, -0.1) is 0 Å². The number of carbonyl (C=O) groups is 2. The lowest BCUT2D eigenvalue weighted by atomic mass is 9.91. The lowest BCUT2D eigenvalue weighted by Crippen LogP contribution is -2.30. The molecule has 1 aromatic carbocycles. The molecule has 0 saturated carbocycles. The van der Waals surface area contributed by atoms with E-state index in [0.717, 1.165) is 16.5 Å². The van der Waals surface area contributed by atoms with Gasteiger partial charge in [0.1, 0.15) is 11.9 Å². The summed E-state index contributed by atoms with van der Waals surface area (Å²) in [6, 6.07) is 3.76. The Bertz CT molecular complexity index is 1240. The maximum Gasteiger partial charge on any atom is 0.231 e. The van der Waals surface area contributed by atoms with Gasteiger partial charge >= 0.3 is 0 Å². The summed E-state index contributed by atoms with van der Waals surface area (Å²) in [6.45, 7) is 3.58. The summed E-state index contributed by atoms with van der Waals surface area (Å²) in [4.78, 5) is 30.5. The molecule has 2 aliphatic rings. The van der Waals surface area contributed by atoms with Crippen molar-refractivity contribution in [3.05, 3.63) is 46.2 Å². The highest BCUT2D eigenvalue weighted by Gasteiger charge is 2.32. The van der Waals surface area contributed by atoms with Crippen LogP contribution in [0, 0.1) is 0 Å². The second-order valence-corrected chi connectivity index (χ2v) is 8.94. The molecule has 1 aromatic heterocycles. The number of pyridine rings is 1. The number of aliphatic hydroxyl groups is 1. The quantitative estimate of drug-likeness (QED) is 0.269. The van der Waals surface area contributed by atoms with Crippen LogP contribution in [0.2, 0.25) is 0 Å². The second-order valence-electron chi connectivity index (χ2n) is 8.94. The fraction of sp³-hybridized carbons (Fsp3) is 0.423. The van der Waals surface area contributed by atoms with Crippen molar-refractivity contribution in [3.8, 4) is 11.5 Å². The summed E-state index contributed by atoms with van der Waals surface area (Å²) in [5.41, 5.74) is 2.40. The molecule has 36 heavy (non-hydrogen) atoms. The number of nitrogens with one attached hydrogen (secondary N) is 1. The van der Waals surface area contributed by atoms with Crippen LogP contribution in [0.4, 0.5) is 0 Å². The number of nitrogens with zero attached hydrogens (tertiary/aromatic N) is 2. The number of carbonyl (C=O) groups excluding carboxylic acids is 2. The topological polar surface area (TPSA) is 119 Å². The lowest BCUT2D eigenvalue weighted by Gasteiger charge is -2.22. The van der Waals surface area contributed by atoms with Crippen LogP contribution in [-0.4, -0.2) is 80.9 Å². The minimum Gasteiger partial charge on any atom is -0.454 e. The Morgan fingerprint density at radius 1 is 1.31 bits per heavy atom. The number of rotatable bonds is 11. The van der Waals surface area contributed by atoms with Gasteiger partial charge in [0, 0.05) is 55.4 Å². The Kier molecular flexibility index (Phi) is 7.70. The van der Waals surface area contributed by atoms with Crippen LogP contribution in [0.15, 0.2) is 29.4 Å². The van der Waals surface area contributed by atoms with E-state index in [1.165, 1.54) is 14.0 Å². The van der Waals surface area contributed by atoms with Crippen molar-refractivity contribution in [1.29, 1.82) is 0 Å². The van der Waals surface area contributed by atoms with Gasteiger partial charge in [0.15, 0.2) is 17.8 Å². The first kappa shape index (κ1) is 25.8. The zero-order valence-corrected chi connectivity index (χ0v) is 20.9. The number of ether oxygens (including phenoxy) is 4. The normalized spacial score (nSPS) is 17.8. The van der Waals surface area contributed by atoms with E-state index in [2.05, 4.69) is 5.32 Å².